The molecule has 0 aliphatic heterocycles. The van der Waals surface area contributed by atoms with Crippen LogP contribution in [0.5, 0.6) is 0 Å². The Morgan fingerprint density at radius 1 is 1.44 bits per heavy atom. The average molecular weight is 220 g/mol. The van der Waals surface area contributed by atoms with E-state index in [2.05, 4.69) is 10.3 Å². The lowest BCUT2D eigenvalue weighted by Crippen LogP contribution is -2.20. The van der Waals surface area contributed by atoms with Crippen molar-refractivity contribution in [3.05, 3.63) is 29.6 Å². The second-order valence-corrected chi connectivity index (χ2v) is 4.47. The normalized spacial score (nSPS) is 15.3. The highest BCUT2D eigenvalue weighted by molar-refractivity contribution is 5.09. The molecule has 1 saturated carbocycles. The maximum absolute atomic E-state index is 5.54. The molecular weight excluding hydrogens is 200 g/mol. The van der Waals surface area contributed by atoms with Gasteiger partial charge in [0.15, 0.2) is 0 Å². The summed E-state index contributed by atoms with van der Waals surface area (Å²) in [6.45, 7) is 5.51. The summed E-state index contributed by atoms with van der Waals surface area (Å²) in [6, 6.07) is 6.11. The van der Waals surface area contributed by atoms with E-state index in [0.717, 1.165) is 43.6 Å². The SMILES string of the molecule is Cc1cccc(CNCCOCC2CC2)n1. The zero-order chi connectivity index (χ0) is 11.2. The lowest BCUT2D eigenvalue weighted by molar-refractivity contribution is 0.126. The number of hydrogen-bond donors (Lipinski definition) is 1. The lowest BCUT2D eigenvalue weighted by atomic mass is 10.3. The molecule has 0 aromatic carbocycles. The Balaban J connectivity index is 1.53. The number of pyridine rings is 1. The minimum atomic E-state index is 0.808. The van der Waals surface area contributed by atoms with Gasteiger partial charge in [-0.2, -0.15) is 0 Å². The van der Waals surface area contributed by atoms with E-state index in [-0.39, 0.29) is 0 Å². The van der Waals surface area contributed by atoms with Crippen molar-refractivity contribution in [2.75, 3.05) is 19.8 Å². The fourth-order valence-corrected chi connectivity index (χ4v) is 1.59. The third kappa shape index (κ3) is 4.29. The number of hydrogen-bond acceptors (Lipinski definition) is 3. The second kappa shape index (κ2) is 5.97. The number of ether oxygens (including phenoxy) is 1. The van der Waals surface area contributed by atoms with E-state index in [1.54, 1.807) is 0 Å². The van der Waals surface area contributed by atoms with Crippen LogP contribution >= 0.6 is 0 Å². The van der Waals surface area contributed by atoms with Crippen molar-refractivity contribution in [1.29, 1.82) is 0 Å². The van der Waals surface area contributed by atoms with Gasteiger partial charge in [0.2, 0.25) is 0 Å². The molecule has 16 heavy (non-hydrogen) atoms. The molecule has 3 heteroatoms. The largest absolute Gasteiger partial charge is 0.380 e. The van der Waals surface area contributed by atoms with Gasteiger partial charge < -0.3 is 10.1 Å². The van der Waals surface area contributed by atoms with Crippen LogP contribution in [0, 0.1) is 12.8 Å². The van der Waals surface area contributed by atoms with Crippen LogP contribution in [-0.4, -0.2) is 24.7 Å². The van der Waals surface area contributed by atoms with Crippen molar-refractivity contribution >= 4 is 0 Å². The molecule has 3 nitrogen and oxygen atoms in total. The summed E-state index contributed by atoms with van der Waals surface area (Å²) in [4.78, 5) is 4.43. The van der Waals surface area contributed by atoms with Crippen LogP contribution in [0.25, 0.3) is 0 Å². The number of aromatic nitrogens is 1. The van der Waals surface area contributed by atoms with E-state index in [1.807, 2.05) is 25.1 Å². The van der Waals surface area contributed by atoms with E-state index >= 15 is 0 Å². The van der Waals surface area contributed by atoms with Crippen molar-refractivity contribution in [1.82, 2.24) is 10.3 Å². The molecule has 1 N–H and O–H groups in total. The third-order valence-corrected chi connectivity index (χ3v) is 2.73. The standard InChI is InChI=1S/C13H20N2O/c1-11-3-2-4-13(15-11)9-14-7-8-16-10-12-5-6-12/h2-4,12,14H,5-10H2,1H3. The van der Waals surface area contributed by atoms with Crippen LogP contribution < -0.4 is 5.32 Å². The quantitative estimate of drug-likeness (QED) is 0.713. The number of aryl methyl sites for hydroxylation is 1. The van der Waals surface area contributed by atoms with Crippen LogP contribution in [0.1, 0.15) is 24.2 Å². The van der Waals surface area contributed by atoms with Crippen molar-refractivity contribution < 1.29 is 4.74 Å². The Bertz CT molecular complexity index is 323. The number of nitrogens with one attached hydrogen (secondary N) is 1. The molecule has 88 valence electrons. The fourth-order valence-electron chi connectivity index (χ4n) is 1.59. The van der Waals surface area contributed by atoms with Crippen molar-refractivity contribution in [3.8, 4) is 0 Å². The molecule has 2 rings (SSSR count). The van der Waals surface area contributed by atoms with Gasteiger partial charge in [-0.1, -0.05) is 6.07 Å². The third-order valence-electron chi connectivity index (χ3n) is 2.73. The first kappa shape index (κ1) is 11.6. The topological polar surface area (TPSA) is 34.1 Å². The molecule has 0 radical (unpaired) electrons. The van der Waals surface area contributed by atoms with Crippen LogP contribution in [0.2, 0.25) is 0 Å². The molecule has 0 amide bonds. The summed E-state index contributed by atoms with van der Waals surface area (Å²) >= 11 is 0. The monoisotopic (exact) mass is 220 g/mol. The highest BCUT2D eigenvalue weighted by Crippen LogP contribution is 2.28. The summed E-state index contributed by atoms with van der Waals surface area (Å²) in [5.74, 6) is 0.860. The first-order valence-electron chi connectivity index (χ1n) is 6.05. The van der Waals surface area contributed by atoms with Gasteiger partial charge in [0, 0.05) is 25.4 Å². The van der Waals surface area contributed by atoms with Gasteiger partial charge in [0.1, 0.15) is 0 Å². The predicted molar refractivity (Wildman–Crippen MR) is 64.2 cm³/mol. The fraction of sp³-hybridized carbons (Fsp3) is 0.615. The van der Waals surface area contributed by atoms with Gasteiger partial charge in [-0.15, -0.1) is 0 Å². The summed E-state index contributed by atoms with van der Waals surface area (Å²) in [7, 11) is 0. The van der Waals surface area contributed by atoms with Crippen molar-refractivity contribution in [3.63, 3.8) is 0 Å². The van der Waals surface area contributed by atoms with Crippen molar-refractivity contribution in [2.24, 2.45) is 5.92 Å². The van der Waals surface area contributed by atoms with E-state index in [1.165, 1.54) is 12.8 Å². The molecule has 1 fully saturated rings. The number of rotatable bonds is 7. The maximum atomic E-state index is 5.54. The Morgan fingerprint density at radius 3 is 3.06 bits per heavy atom. The minimum Gasteiger partial charge on any atom is -0.380 e. The summed E-state index contributed by atoms with van der Waals surface area (Å²) < 4.78 is 5.54. The molecule has 0 unspecified atom stereocenters. The molecule has 1 aromatic heterocycles. The zero-order valence-electron chi connectivity index (χ0n) is 9.91. The van der Waals surface area contributed by atoms with Crippen LogP contribution in [0.15, 0.2) is 18.2 Å². The second-order valence-electron chi connectivity index (χ2n) is 4.47. The zero-order valence-corrected chi connectivity index (χ0v) is 9.91. The van der Waals surface area contributed by atoms with E-state index < -0.39 is 0 Å². The minimum absolute atomic E-state index is 0.808. The van der Waals surface area contributed by atoms with Gasteiger partial charge >= 0.3 is 0 Å². The maximum Gasteiger partial charge on any atom is 0.0591 e. The molecular formula is C13H20N2O. The van der Waals surface area contributed by atoms with Gasteiger partial charge in [0.25, 0.3) is 0 Å². The first-order valence-corrected chi connectivity index (χ1v) is 6.05. The van der Waals surface area contributed by atoms with Crippen molar-refractivity contribution in [2.45, 2.75) is 26.3 Å². The molecule has 0 saturated heterocycles. The summed E-state index contributed by atoms with van der Waals surface area (Å²) in [5.41, 5.74) is 2.17. The molecule has 0 atom stereocenters. The van der Waals surface area contributed by atoms with E-state index in [9.17, 15) is 0 Å². The summed E-state index contributed by atoms with van der Waals surface area (Å²) in [6.07, 6.45) is 2.72. The molecule has 0 spiro atoms. The van der Waals surface area contributed by atoms with E-state index in [4.69, 9.17) is 4.74 Å². The average Bonchev–Trinajstić information content (AvgIpc) is 3.07. The Kier molecular flexibility index (Phi) is 4.31. The molecule has 1 heterocycles. The lowest BCUT2D eigenvalue weighted by Gasteiger charge is -2.05. The highest BCUT2D eigenvalue weighted by Gasteiger charge is 2.20. The Morgan fingerprint density at radius 2 is 2.31 bits per heavy atom. The van der Waals surface area contributed by atoms with Crippen LogP contribution in [0.3, 0.4) is 0 Å². The van der Waals surface area contributed by atoms with Gasteiger partial charge in [-0.3, -0.25) is 4.98 Å². The first-order chi connectivity index (χ1) is 7.84. The van der Waals surface area contributed by atoms with Crippen LogP contribution in [-0.2, 0) is 11.3 Å². The van der Waals surface area contributed by atoms with Gasteiger partial charge in [0.05, 0.1) is 12.3 Å². The van der Waals surface area contributed by atoms with E-state index in [0.29, 0.717) is 0 Å². The molecule has 1 aliphatic carbocycles. The smallest absolute Gasteiger partial charge is 0.0591 e. The highest BCUT2D eigenvalue weighted by atomic mass is 16.5. The summed E-state index contributed by atoms with van der Waals surface area (Å²) in [5, 5.41) is 3.34. The van der Waals surface area contributed by atoms with Crippen LogP contribution in [0.4, 0.5) is 0 Å². The Labute approximate surface area is 97.2 Å². The van der Waals surface area contributed by atoms with Gasteiger partial charge in [-0.25, -0.2) is 0 Å². The predicted octanol–water partition coefficient (Wildman–Crippen LogP) is 1.91. The van der Waals surface area contributed by atoms with Gasteiger partial charge in [-0.05, 0) is 37.8 Å². The number of nitrogens with zero attached hydrogens (tertiary/aromatic N) is 1. The molecule has 0 bridgehead atoms. The molecule has 1 aromatic rings. The molecule has 1 aliphatic rings. The Hall–Kier alpha value is -0.930.